The van der Waals surface area contributed by atoms with Gasteiger partial charge in [-0.25, -0.2) is 19.8 Å². The van der Waals surface area contributed by atoms with Gasteiger partial charge in [-0.05, 0) is 117 Å². The molecule has 12 aromatic rings. The molecule has 1 aliphatic carbocycles. The molecular weight excluding hydrogens is 825 g/mol. The van der Waals surface area contributed by atoms with Crippen LogP contribution in [0.3, 0.4) is 0 Å². The number of fused-ring (bicyclic) bond motifs is 6. The Morgan fingerprint density at radius 2 is 0.809 bits per heavy atom. The summed E-state index contributed by atoms with van der Waals surface area (Å²) in [6.45, 7) is 7.92. The second-order valence-electron chi connectivity index (χ2n) is 17.4. The molecule has 0 amide bonds. The summed E-state index contributed by atoms with van der Waals surface area (Å²) in [6, 6.07) is 81.3. The summed E-state index contributed by atoms with van der Waals surface area (Å²) in [5.74, 6) is 1.83. The van der Waals surface area contributed by atoms with E-state index in [-0.39, 0.29) is 0 Å². The van der Waals surface area contributed by atoms with Crippen LogP contribution in [0.4, 0.5) is 5.69 Å². The number of rotatable bonds is 7. The highest BCUT2D eigenvalue weighted by Crippen LogP contribution is 2.48. The molecule has 0 fully saturated rings. The Morgan fingerprint density at radius 1 is 0.265 bits per heavy atom. The third-order valence-electron chi connectivity index (χ3n) is 13.5. The van der Waals surface area contributed by atoms with Crippen LogP contribution < -0.4 is 0 Å². The maximum Gasteiger partial charge on any atom is 0.187 e. The van der Waals surface area contributed by atoms with Gasteiger partial charge in [0, 0.05) is 16.7 Å². The molecule has 13 rings (SSSR count). The van der Waals surface area contributed by atoms with Gasteiger partial charge in [0.2, 0.25) is 0 Å². The molecule has 1 heterocycles. The van der Waals surface area contributed by atoms with Crippen molar-refractivity contribution >= 4 is 38.0 Å². The zero-order valence-corrected chi connectivity index (χ0v) is 36.7. The van der Waals surface area contributed by atoms with Gasteiger partial charge in [-0.15, -0.1) is 0 Å². The van der Waals surface area contributed by atoms with E-state index in [1.807, 2.05) is 42.5 Å². The van der Waals surface area contributed by atoms with Crippen molar-refractivity contribution in [3.63, 3.8) is 0 Å². The van der Waals surface area contributed by atoms with Crippen molar-refractivity contribution in [2.24, 2.45) is 0 Å². The quantitative estimate of drug-likeness (QED) is 0.118. The van der Waals surface area contributed by atoms with Gasteiger partial charge in [0.25, 0.3) is 0 Å². The number of nitrogens with zero attached hydrogens (tertiary/aromatic N) is 4. The molecule has 0 spiro atoms. The van der Waals surface area contributed by atoms with E-state index in [1.165, 1.54) is 65.7 Å². The summed E-state index contributed by atoms with van der Waals surface area (Å²) >= 11 is 0. The summed E-state index contributed by atoms with van der Waals surface area (Å²) in [6.07, 6.45) is 0. The van der Waals surface area contributed by atoms with E-state index >= 15 is 0 Å². The van der Waals surface area contributed by atoms with Gasteiger partial charge in [0.15, 0.2) is 23.2 Å². The minimum absolute atomic E-state index is 0.587. The van der Waals surface area contributed by atoms with E-state index in [4.69, 9.17) is 21.5 Å². The largest absolute Gasteiger partial charge is 0.238 e. The fourth-order valence-corrected chi connectivity index (χ4v) is 10.2. The highest BCUT2D eigenvalue weighted by molar-refractivity contribution is 6.16. The Hall–Kier alpha value is -9.30. The molecule has 314 valence electrons. The summed E-state index contributed by atoms with van der Waals surface area (Å²) < 4.78 is 0. The predicted molar refractivity (Wildman–Crippen MR) is 281 cm³/mol. The van der Waals surface area contributed by atoms with Crippen LogP contribution in [0.15, 0.2) is 231 Å². The molecule has 11 aromatic carbocycles. The third-order valence-corrected chi connectivity index (χ3v) is 13.5. The number of hydrogen-bond acceptors (Lipinski definition) is 3. The van der Waals surface area contributed by atoms with Gasteiger partial charge in [0.05, 0.1) is 6.57 Å². The van der Waals surface area contributed by atoms with Crippen LogP contribution in [0.2, 0.25) is 0 Å². The maximum atomic E-state index is 7.92. The topological polar surface area (TPSA) is 43.0 Å². The standard InChI is InChI=1S/C64H38N4/c1-65-50-33-36-53(48-17-7-16-47(37-48)40-23-25-42(26-24-40)52-19-10-20-54-51-18-6-5-11-41(51)31-34-55(52)54)59(39-50)43-27-29-46(30-28-43)63-66-62(45-12-3-2-4-13-45)67-64(68-63)49-32-35-56-57-21-8-14-44-15-9-22-58(61(44)57)60(56)38-49/h2-39H. The first-order chi connectivity index (χ1) is 33.6. The molecule has 0 atom stereocenters. The summed E-state index contributed by atoms with van der Waals surface area (Å²) in [7, 11) is 0. The summed E-state index contributed by atoms with van der Waals surface area (Å²) in [5, 5.41) is 7.56. The zero-order valence-electron chi connectivity index (χ0n) is 36.7. The Morgan fingerprint density at radius 3 is 1.59 bits per heavy atom. The van der Waals surface area contributed by atoms with Crippen LogP contribution in [-0.4, -0.2) is 15.0 Å². The van der Waals surface area contributed by atoms with Gasteiger partial charge in [-0.2, -0.15) is 0 Å². The van der Waals surface area contributed by atoms with Crippen LogP contribution in [0.1, 0.15) is 0 Å². The van der Waals surface area contributed by atoms with E-state index in [9.17, 15) is 0 Å². The van der Waals surface area contributed by atoms with Crippen molar-refractivity contribution in [3.05, 3.63) is 242 Å². The molecular formula is C64H38N4. The lowest BCUT2D eigenvalue weighted by Crippen LogP contribution is -2.00. The highest BCUT2D eigenvalue weighted by atomic mass is 15.0. The molecule has 0 bridgehead atoms. The smallest absolute Gasteiger partial charge is 0.187 e. The van der Waals surface area contributed by atoms with Crippen molar-refractivity contribution in [1.29, 1.82) is 0 Å². The van der Waals surface area contributed by atoms with Crippen molar-refractivity contribution < 1.29 is 0 Å². The number of aromatic nitrogens is 3. The van der Waals surface area contributed by atoms with Crippen LogP contribution in [0.25, 0.3) is 138 Å². The predicted octanol–water partition coefficient (Wildman–Crippen LogP) is 17.2. The molecule has 0 aliphatic heterocycles. The fraction of sp³-hybridized carbons (Fsp3) is 0. The van der Waals surface area contributed by atoms with E-state index in [2.05, 4.69) is 193 Å². The van der Waals surface area contributed by atoms with Crippen molar-refractivity contribution in [1.82, 2.24) is 15.0 Å². The zero-order chi connectivity index (χ0) is 45.1. The summed E-state index contributed by atoms with van der Waals surface area (Å²) in [5.41, 5.74) is 17.0. The molecule has 1 aromatic heterocycles. The normalized spacial score (nSPS) is 11.5. The molecule has 0 unspecified atom stereocenters. The number of benzene rings is 11. The van der Waals surface area contributed by atoms with E-state index < -0.39 is 0 Å². The van der Waals surface area contributed by atoms with Crippen LogP contribution in [0, 0.1) is 6.57 Å². The molecule has 0 N–H and O–H groups in total. The lowest BCUT2D eigenvalue weighted by Gasteiger charge is -2.14. The van der Waals surface area contributed by atoms with Gasteiger partial charge < -0.3 is 0 Å². The number of hydrogen-bond donors (Lipinski definition) is 0. The lowest BCUT2D eigenvalue weighted by atomic mass is 9.91. The SMILES string of the molecule is [C-]#[N+]c1ccc(-c2cccc(-c3ccc(-c4cccc5c4ccc4ccccc45)cc3)c2)c(-c2ccc(-c3nc(-c4ccccc4)nc(-c4ccc5c(c4)-c4cccc6cccc-5c46)n3)cc2)c1. The monoisotopic (exact) mass is 862 g/mol. The molecule has 4 nitrogen and oxygen atoms in total. The molecule has 4 heteroatoms. The van der Waals surface area contributed by atoms with Crippen LogP contribution >= 0.6 is 0 Å². The third kappa shape index (κ3) is 6.65. The average molecular weight is 863 g/mol. The first kappa shape index (κ1) is 39.1. The van der Waals surface area contributed by atoms with Gasteiger partial charge in [0.1, 0.15) is 0 Å². The minimum atomic E-state index is 0.587. The Balaban J connectivity index is 0.841. The Kier molecular flexibility index (Phi) is 9.20. The first-order valence-corrected chi connectivity index (χ1v) is 22.9. The average Bonchev–Trinajstić information content (AvgIpc) is 3.74. The van der Waals surface area contributed by atoms with Gasteiger partial charge >= 0.3 is 0 Å². The molecule has 68 heavy (non-hydrogen) atoms. The Bertz CT molecular complexity index is 4010. The highest BCUT2D eigenvalue weighted by Gasteiger charge is 2.23. The van der Waals surface area contributed by atoms with Gasteiger partial charge in [-0.3, -0.25) is 0 Å². The van der Waals surface area contributed by atoms with Crippen LogP contribution in [-0.2, 0) is 0 Å². The maximum absolute atomic E-state index is 7.92. The molecule has 0 saturated heterocycles. The lowest BCUT2D eigenvalue weighted by molar-refractivity contribution is 1.07. The first-order valence-electron chi connectivity index (χ1n) is 22.9. The van der Waals surface area contributed by atoms with E-state index in [0.29, 0.717) is 23.2 Å². The van der Waals surface area contributed by atoms with Crippen molar-refractivity contribution in [2.45, 2.75) is 0 Å². The second kappa shape index (κ2) is 16.0. The molecule has 0 saturated carbocycles. The molecule has 0 radical (unpaired) electrons. The minimum Gasteiger partial charge on any atom is -0.238 e. The van der Waals surface area contributed by atoms with Crippen molar-refractivity contribution in [2.75, 3.05) is 0 Å². The van der Waals surface area contributed by atoms with Gasteiger partial charge in [-0.1, -0.05) is 212 Å². The van der Waals surface area contributed by atoms with Crippen molar-refractivity contribution in [3.8, 4) is 101 Å². The second-order valence-corrected chi connectivity index (χ2v) is 17.4. The van der Waals surface area contributed by atoms with Crippen LogP contribution in [0.5, 0.6) is 0 Å². The van der Waals surface area contributed by atoms with E-state index in [0.717, 1.165) is 50.1 Å². The summed E-state index contributed by atoms with van der Waals surface area (Å²) in [4.78, 5) is 19.1. The van der Waals surface area contributed by atoms with E-state index in [1.54, 1.807) is 0 Å². The molecule has 1 aliphatic rings. The fourth-order valence-electron chi connectivity index (χ4n) is 10.2. The Labute approximate surface area is 394 Å².